The topological polar surface area (TPSA) is 62.4 Å². The molecule has 5 heteroatoms. The highest BCUT2D eigenvalue weighted by Gasteiger charge is 2.13. The van der Waals surface area contributed by atoms with E-state index in [0.29, 0.717) is 25.3 Å². The number of H-pyrrole nitrogens is 1. The molecule has 0 aliphatic heterocycles. The molecule has 22 heavy (non-hydrogen) atoms. The third-order valence-electron chi connectivity index (χ3n) is 3.67. The lowest BCUT2D eigenvalue weighted by Gasteiger charge is -2.18. The van der Waals surface area contributed by atoms with Gasteiger partial charge in [-0.25, -0.2) is 0 Å². The summed E-state index contributed by atoms with van der Waals surface area (Å²) in [6.07, 6.45) is 2.22. The molecule has 2 aromatic rings. The summed E-state index contributed by atoms with van der Waals surface area (Å²) < 4.78 is 5.68. The molecule has 0 radical (unpaired) electrons. The minimum absolute atomic E-state index is 0.0157. The molecule has 118 valence electrons. The Labute approximate surface area is 130 Å². The number of Topliss-reactive ketones (excluding diaryl/α,β-unsaturated/α-hetero) is 1. The van der Waals surface area contributed by atoms with Gasteiger partial charge in [-0.1, -0.05) is 12.1 Å². The van der Waals surface area contributed by atoms with E-state index in [-0.39, 0.29) is 18.3 Å². The Bertz CT molecular complexity index is 672. The first-order chi connectivity index (χ1) is 10.6. The standard InChI is InChI=1S/C17H22N2O3/c1-4-19(5-2)16(21)11-22-15-8-6-7-14-13(9-12(3)20)10-18-17(14)15/h6-8,10,18H,4-5,9,11H2,1-3H3. The van der Waals surface area contributed by atoms with Crippen molar-refractivity contribution in [1.29, 1.82) is 0 Å². The number of rotatable bonds is 7. The molecular formula is C17H22N2O3. The summed E-state index contributed by atoms with van der Waals surface area (Å²) in [4.78, 5) is 28.2. The number of ether oxygens (including phenoxy) is 1. The normalized spacial score (nSPS) is 10.7. The maximum atomic E-state index is 12.0. The Hall–Kier alpha value is -2.30. The third kappa shape index (κ3) is 3.47. The molecule has 1 heterocycles. The Balaban J connectivity index is 2.17. The second kappa shape index (κ2) is 7.11. The van der Waals surface area contributed by atoms with Gasteiger partial charge in [0.1, 0.15) is 11.5 Å². The number of aromatic nitrogens is 1. The molecule has 5 nitrogen and oxygen atoms in total. The summed E-state index contributed by atoms with van der Waals surface area (Å²) in [6, 6.07) is 5.64. The predicted octanol–water partition coefficient (Wildman–Crippen LogP) is 2.55. The van der Waals surface area contributed by atoms with E-state index in [1.807, 2.05) is 38.2 Å². The van der Waals surface area contributed by atoms with Crippen LogP contribution in [0.4, 0.5) is 0 Å². The number of nitrogens with zero attached hydrogens (tertiary/aromatic N) is 1. The molecule has 1 N–H and O–H groups in total. The quantitative estimate of drug-likeness (QED) is 0.855. The highest BCUT2D eigenvalue weighted by atomic mass is 16.5. The summed E-state index contributed by atoms with van der Waals surface area (Å²) in [7, 11) is 0. The maximum absolute atomic E-state index is 12.0. The van der Waals surface area contributed by atoms with Gasteiger partial charge < -0.3 is 14.6 Å². The van der Waals surface area contributed by atoms with Crippen molar-refractivity contribution >= 4 is 22.6 Å². The fourth-order valence-electron chi connectivity index (χ4n) is 2.53. The molecule has 0 aliphatic carbocycles. The second-order valence-electron chi connectivity index (χ2n) is 5.23. The third-order valence-corrected chi connectivity index (χ3v) is 3.67. The van der Waals surface area contributed by atoms with Crippen molar-refractivity contribution in [3.63, 3.8) is 0 Å². The van der Waals surface area contributed by atoms with Crippen molar-refractivity contribution < 1.29 is 14.3 Å². The van der Waals surface area contributed by atoms with Crippen molar-refractivity contribution in [2.45, 2.75) is 27.2 Å². The maximum Gasteiger partial charge on any atom is 0.260 e. The Kier molecular flexibility index (Phi) is 5.20. The average Bonchev–Trinajstić information content (AvgIpc) is 2.89. The van der Waals surface area contributed by atoms with Crippen molar-refractivity contribution in [1.82, 2.24) is 9.88 Å². The molecule has 1 amide bonds. The lowest BCUT2D eigenvalue weighted by atomic mass is 10.1. The van der Waals surface area contributed by atoms with Crippen LogP contribution in [0.3, 0.4) is 0 Å². The number of aromatic amines is 1. The number of carbonyl (C=O) groups excluding carboxylic acids is 2. The minimum atomic E-state index is -0.0301. The first kappa shape index (κ1) is 16.1. The molecule has 1 aromatic carbocycles. The number of para-hydroxylation sites is 1. The van der Waals surface area contributed by atoms with Crippen molar-refractivity contribution in [3.8, 4) is 5.75 Å². The van der Waals surface area contributed by atoms with Crippen LogP contribution in [-0.4, -0.2) is 41.3 Å². The van der Waals surface area contributed by atoms with Crippen LogP contribution in [0, 0.1) is 0 Å². The van der Waals surface area contributed by atoms with E-state index >= 15 is 0 Å². The van der Waals surface area contributed by atoms with Gasteiger partial charge in [0.25, 0.3) is 5.91 Å². The van der Waals surface area contributed by atoms with Crippen LogP contribution >= 0.6 is 0 Å². The van der Waals surface area contributed by atoms with E-state index in [1.165, 1.54) is 0 Å². The number of likely N-dealkylation sites (N-methyl/N-ethyl adjacent to an activating group) is 1. The highest BCUT2D eigenvalue weighted by molar-refractivity contribution is 5.92. The lowest BCUT2D eigenvalue weighted by Crippen LogP contribution is -2.34. The first-order valence-corrected chi connectivity index (χ1v) is 7.55. The zero-order valence-corrected chi connectivity index (χ0v) is 13.3. The molecule has 0 fully saturated rings. The molecule has 2 rings (SSSR count). The van der Waals surface area contributed by atoms with Crippen LogP contribution in [0.5, 0.6) is 5.75 Å². The van der Waals surface area contributed by atoms with Gasteiger partial charge in [0.05, 0.1) is 5.52 Å². The summed E-state index contributed by atoms with van der Waals surface area (Å²) >= 11 is 0. The van der Waals surface area contributed by atoms with Gasteiger partial charge in [0.15, 0.2) is 6.61 Å². The molecule has 0 bridgehead atoms. The summed E-state index contributed by atoms with van der Waals surface area (Å²) in [6.45, 7) is 6.83. The Morgan fingerprint density at radius 1 is 1.23 bits per heavy atom. The van der Waals surface area contributed by atoms with Crippen LogP contribution < -0.4 is 4.74 Å². The summed E-state index contributed by atoms with van der Waals surface area (Å²) in [5.41, 5.74) is 1.77. The van der Waals surface area contributed by atoms with Gasteiger partial charge in [-0.2, -0.15) is 0 Å². The van der Waals surface area contributed by atoms with E-state index < -0.39 is 0 Å². The van der Waals surface area contributed by atoms with Gasteiger partial charge in [-0.15, -0.1) is 0 Å². The van der Waals surface area contributed by atoms with E-state index in [2.05, 4.69) is 4.98 Å². The zero-order chi connectivity index (χ0) is 16.1. The summed E-state index contributed by atoms with van der Waals surface area (Å²) in [5.74, 6) is 0.717. The summed E-state index contributed by atoms with van der Waals surface area (Å²) in [5, 5.41) is 0.961. The van der Waals surface area contributed by atoms with Crippen molar-refractivity contribution in [2.75, 3.05) is 19.7 Å². The van der Waals surface area contributed by atoms with Crippen molar-refractivity contribution in [2.24, 2.45) is 0 Å². The van der Waals surface area contributed by atoms with E-state index in [9.17, 15) is 9.59 Å². The fraction of sp³-hybridized carbons (Fsp3) is 0.412. The monoisotopic (exact) mass is 302 g/mol. The van der Waals surface area contributed by atoms with E-state index in [4.69, 9.17) is 4.74 Å². The van der Waals surface area contributed by atoms with Crippen LogP contribution in [0.1, 0.15) is 26.3 Å². The number of nitrogens with one attached hydrogen (secondary N) is 1. The number of carbonyl (C=O) groups is 2. The van der Waals surface area contributed by atoms with Crippen molar-refractivity contribution in [3.05, 3.63) is 30.0 Å². The molecule has 0 aliphatic rings. The molecule has 0 spiro atoms. The first-order valence-electron chi connectivity index (χ1n) is 7.55. The smallest absolute Gasteiger partial charge is 0.260 e. The lowest BCUT2D eigenvalue weighted by molar-refractivity contribution is -0.132. The predicted molar refractivity (Wildman–Crippen MR) is 86.1 cm³/mol. The van der Waals surface area contributed by atoms with Gasteiger partial charge in [-0.3, -0.25) is 9.59 Å². The van der Waals surface area contributed by atoms with Gasteiger partial charge in [0, 0.05) is 31.1 Å². The molecule has 0 unspecified atom stereocenters. The number of amides is 1. The Morgan fingerprint density at radius 2 is 1.95 bits per heavy atom. The highest BCUT2D eigenvalue weighted by Crippen LogP contribution is 2.27. The zero-order valence-electron chi connectivity index (χ0n) is 13.3. The van der Waals surface area contributed by atoms with Crippen LogP contribution in [-0.2, 0) is 16.0 Å². The largest absolute Gasteiger partial charge is 0.482 e. The molecular weight excluding hydrogens is 280 g/mol. The number of fused-ring (bicyclic) bond motifs is 1. The molecule has 0 saturated heterocycles. The number of benzene rings is 1. The van der Waals surface area contributed by atoms with Crippen LogP contribution in [0.15, 0.2) is 24.4 Å². The minimum Gasteiger partial charge on any atom is -0.482 e. The number of hydrogen-bond acceptors (Lipinski definition) is 3. The number of ketones is 1. The SMILES string of the molecule is CCN(CC)C(=O)COc1cccc2c(CC(C)=O)c[nH]c12. The van der Waals surface area contributed by atoms with Crippen LogP contribution in [0.2, 0.25) is 0 Å². The second-order valence-corrected chi connectivity index (χ2v) is 5.23. The fourth-order valence-corrected chi connectivity index (χ4v) is 2.53. The van der Waals surface area contributed by atoms with Crippen LogP contribution in [0.25, 0.3) is 10.9 Å². The van der Waals surface area contributed by atoms with Gasteiger partial charge >= 0.3 is 0 Å². The molecule has 0 saturated carbocycles. The van der Waals surface area contributed by atoms with E-state index in [1.54, 1.807) is 11.8 Å². The Morgan fingerprint density at radius 3 is 2.59 bits per heavy atom. The molecule has 1 aromatic heterocycles. The van der Waals surface area contributed by atoms with E-state index in [0.717, 1.165) is 16.5 Å². The van der Waals surface area contributed by atoms with Gasteiger partial charge in [-0.05, 0) is 32.4 Å². The number of hydrogen-bond donors (Lipinski definition) is 1. The van der Waals surface area contributed by atoms with Gasteiger partial charge in [0.2, 0.25) is 0 Å². The molecule has 0 atom stereocenters. The average molecular weight is 302 g/mol.